The number of hydrogen-bond donors (Lipinski definition) is 0. The first-order valence-corrected chi connectivity index (χ1v) is 10.5. The van der Waals surface area contributed by atoms with Crippen LogP contribution in [0.3, 0.4) is 0 Å². The molecule has 3 aromatic rings. The zero-order valence-electron chi connectivity index (χ0n) is 17.4. The van der Waals surface area contributed by atoms with Gasteiger partial charge in [-0.1, -0.05) is 96.8 Å². The van der Waals surface area contributed by atoms with Gasteiger partial charge in [-0.2, -0.15) is 0 Å². The van der Waals surface area contributed by atoms with E-state index in [1.54, 1.807) is 0 Å². The Balaban J connectivity index is 1.40. The van der Waals surface area contributed by atoms with Gasteiger partial charge in [0.25, 0.3) is 0 Å². The Morgan fingerprint density at radius 2 is 1.32 bits per heavy atom. The third kappa shape index (κ3) is 6.67. The van der Waals surface area contributed by atoms with E-state index >= 15 is 0 Å². The summed E-state index contributed by atoms with van der Waals surface area (Å²) in [5.74, 6) is 6.38. The van der Waals surface area contributed by atoms with Crippen LogP contribution in [0.1, 0.15) is 16.7 Å². The van der Waals surface area contributed by atoms with Crippen LogP contribution in [-0.2, 0) is 27.4 Å². The monoisotopic (exact) mass is 410 g/mol. The smallest absolute Gasteiger partial charge is 0.137 e. The molecule has 0 spiro atoms. The van der Waals surface area contributed by atoms with Crippen molar-refractivity contribution in [3.05, 3.63) is 120 Å². The Bertz CT molecular complexity index is 1000. The molecule has 1 heterocycles. The molecule has 3 aromatic carbocycles. The van der Waals surface area contributed by atoms with Crippen LogP contribution in [-0.4, -0.2) is 24.9 Å². The second-order valence-corrected chi connectivity index (χ2v) is 7.38. The minimum absolute atomic E-state index is 0.189. The van der Waals surface area contributed by atoms with Crippen molar-refractivity contribution < 1.29 is 14.2 Å². The summed E-state index contributed by atoms with van der Waals surface area (Å²) in [7, 11) is 0. The summed E-state index contributed by atoms with van der Waals surface area (Å²) in [6, 6.07) is 30.2. The Morgan fingerprint density at radius 3 is 2.00 bits per heavy atom. The van der Waals surface area contributed by atoms with E-state index in [0.717, 1.165) is 16.7 Å². The van der Waals surface area contributed by atoms with E-state index in [-0.39, 0.29) is 18.3 Å². The maximum Gasteiger partial charge on any atom is 0.137 e. The summed E-state index contributed by atoms with van der Waals surface area (Å²) in [4.78, 5) is 0. The standard InChI is InChI=1S/C28H26O3/c1-4-10-23(11-5-1)16-17-26-18-19-27(30-21-25-14-8-3-9-15-25)28(31-26)22-29-20-24-12-6-2-7-13-24/h1-15,18-19,26-28H,20-22H2/t26-,27+,28-/m1/s1. The van der Waals surface area contributed by atoms with Crippen LogP contribution in [0.15, 0.2) is 103 Å². The maximum atomic E-state index is 6.24. The van der Waals surface area contributed by atoms with E-state index in [0.29, 0.717) is 19.8 Å². The summed E-state index contributed by atoms with van der Waals surface area (Å²) in [6.07, 6.45) is 3.31. The molecule has 0 saturated heterocycles. The fourth-order valence-electron chi connectivity index (χ4n) is 3.33. The van der Waals surface area contributed by atoms with Gasteiger partial charge >= 0.3 is 0 Å². The molecule has 156 valence electrons. The van der Waals surface area contributed by atoms with Crippen molar-refractivity contribution in [1.82, 2.24) is 0 Å². The minimum Gasteiger partial charge on any atom is -0.374 e. The molecule has 0 radical (unpaired) electrons. The molecule has 1 aliphatic rings. The van der Waals surface area contributed by atoms with Crippen LogP contribution in [0, 0.1) is 11.8 Å². The molecule has 0 bridgehead atoms. The number of rotatable bonds is 7. The summed E-state index contributed by atoms with van der Waals surface area (Å²) in [5, 5.41) is 0. The maximum absolute atomic E-state index is 6.24. The van der Waals surface area contributed by atoms with Crippen LogP contribution in [0.25, 0.3) is 0 Å². The molecule has 0 aromatic heterocycles. The molecule has 4 rings (SSSR count). The van der Waals surface area contributed by atoms with Gasteiger partial charge in [0.1, 0.15) is 18.3 Å². The van der Waals surface area contributed by atoms with Crippen LogP contribution in [0.4, 0.5) is 0 Å². The molecule has 0 aliphatic carbocycles. The van der Waals surface area contributed by atoms with E-state index < -0.39 is 0 Å². The van der Waals surface area contributed by atoms with Crippen molar-refractivity contribution in [2.75, 3.05) is 6.61 Å². The molecule has 0 N–H and O–H groups in total. The Hall–Kier alpha value is -3.16. The number of benzene rings is 3. The van der Waals surface area contributed by atoms with Gasteiger partial charge in [-0.05, 0) is 29.3 Å². The first kappa shape index (κ1) is 21.1. The zero-order valence-corrected chi connectivity index (χ0v) is 17.4. The van der Waals surface area contributed by atoms with Crippen molar-refractivity contribution in [3.63, 3.8) is 0 Å². The quantitative estimate of drug-likeness (QED) is 0.398. The SMILES string of the molecule is C(#C[C@@H]1C=C[C@H](OCc2ccccc2)[C@@H](COCc2ccccc2)O1)c1ccccc1. The lowest BCUT2D eigenvalue weighted by Gasteiger charge is -2.30. The van der Waals surface area contributed by atoms with Gasteiger partial charge in [0.2, 0.25) is 0 Å². The van der Waals surface area contributed by atoms with Gasteiger partial charge in [0, 0.05) is 5.56 Å². The Kier molecular flexibility index (Phi) is 7.68. The largest absolute Gasteiger partial charge is 0.374 e. The van der Waals surface area contributed by atoms with E-state index in [1.807, 2.05) is 78.9 Å². The van der Waals surface area contributed by atoms with Crippen LogP contribution < -0.4 is 0 Å². The van der Waals surface area contributed by atoms with Crippen LogP contribution >= 0.6 is 0 Å². The molecule has 0 fully saturated rings. The van der Waals surface area contributed by atoms with E-state index in [2.05, 4.69) is 36.1 Å². The Labute approximate surface area is 184 Å². The number of ether oxygens (including phenoxy) is 3. The lowest BCUT2D eigenvalue weighted by atomic mass is 10.1. The third-order valence-corrected chi connectivity index (χ3v) is 4.97. The van der Waals surface area contributed by atoms with Crippen molar-refractivity contribution in [1.29, 1.82) is 0 Å². The third-order valence-electron chi connectivity index (χ3n) is 4.97. The highest BCUT2D eigenvalue weighted by Crippen LogP contribution is 2.19. The van der Waals surface area contributed by atoms with Gasteiger partial charge < -0.3 is 14.2 Å². The molecule has 1 aliphatic heterocycles. The Morgan fingerprint density at radius 1 is 0.710 bits per heavy atom. The van der Waals surface area contributed by atoms with Gasteiger partial charge in [-0.3, -0.25) is 0 Å². The fraction of sp³-hybridized carbons (Fsp3) is 0.214. The van der Waals surface area contributed by atoms with Gasteiger partial charge in [0.15, 0.2) is 0 Å². The molecule has 3 atom stereocenters. The van der Waals surface area contributed by atoms with Crippen LogP contribution in [0.5, 0.6) is 0 Å². The molecule has 31 heavy (non-hydrogen) atoms. The van der Waals surface area contributed by atoms with E-state index in [1.165, 1.54) is 0 Å². The predicted molar refractivity (Wildman–Crippen MR) is 122 cm³/mol. The van der Waals surface area contributed by atoms with Crippen molar-refractivity contribution in [3.8, 4) is 11.8 Å². The zero-order chi connectivity index (χ0) is 21.1. The molecule has 0 saturated carbocycles. The van der Waals surface area contributed by atoms with Gasteiger partial charge in [-0.25, -0.2) is 0 Å². The first-order valence-electron chi connectivity index (χ1n) is 10.5. The number of hydrogen-bond acceptors (Lipinski definition) is 3. The highest BCUT2D eigenvalue weighted by molar-refractivity contribution is 5.35. The summed E-state index contributed by atoms with van der Waals surface area (Å²) in [6.45, 7) is 1.49. The summed E-state index contributed by atoms with van der Waals surface area (Å²) < 4.78 is 18.4. The predicted octanol–water partition coefficient (Wildman–Crippen LogP) is 5.16. The second kappa shape index (κ2) is 11.3. The lowest BCUT2D eigenvalue weighted by Crippen LogP contribution is -2.39. The fourth-order valence-corrected chi connectivity index (χ4v) is 3.33. The van der Waals surface area contributed by atoms with Crippen LogP contribution in [0.2, 0.25) is 0 Å². The molecule has 0 amide bonds. The average Bonchev–Trinajstić information content (AvgIpc) is 2.84. The topological polar surface area (TPSA) is 27.7 Å². The normalized spacial score (nSPS) is 20.1. The lowest BCUT2D eigenvalue weighted by molar-refractivity contribution is -0.107. The summed E-state index contributed by atoms with van der Waals surface area (Å²) in [5.41, 5.74) is 3.24. The van der Waals surface area contributed by atoms with Crippen molar-refractivity contribution in [2.45, 2.75) is 31.5 Å². The molecular formula is C28H26O3. The highest BCUT2D eigenvalue weighted by atomic mass is 16.6. The van der Waals surface area contributed by atoms with Crippen molar-refractivity contribution in [2.24, 2.45) is 0 Å². The van der Waals surface area contributed by atoms with Gasteiger partial charge in [-0.15, -0.1) is 0 Å². The minimum atomic E-state index is -0.290. The second-order valence-electron chi connectivity index (χ2n) is 7.38. The highest BCUT2D eigenvalue weighted by Gasteiger charge is 2.27. The molecule has 3 heteroatoms. The molecule has 3 nitrogen and oxygen atoms in total. The first-order chi connectivity index (χ1) is 15.4. The average molecular weight is 411 g/mol. The molecule has 0 unspecified atom stereocenters. The van der Waals surface area contributed by atoms with Gasteiger partial charge in [0.05, 0.1) is 19.8 Å². The van der Waals surface area contributed by atoms with E-state index in [4.69, 9.17) is 14.2 Å². The summed E-state index contributed by atoms with van der Waals surface area (Å²) >= 11 is 0. The van der Waals surface area contributed by atoms with E-state index in [9.17, 15) is 0 Å². The van der Waals surface area contributed by atoms with Crippen molar-refractivity contribution >= 4 is 0 Å². The molecular weight excluding hydrogens is 384 g/mol.